The minimum absolute atomic E-state index is 0. The maximum Gasteiger partial charge on any atom is 0.410 e. The van der Waals surface area contributed by atoms with E-state index in [0.29, 0.717) is 25.2 Å². The summed E-state index contributed by atoms with van der Waals surface area (Å²) in [6, 6.07) is 7.80. The van der Waals surface area contributed by atoms with Gasteiger partial charge in [0.15, 0.2) is 5.96 Å². The number of rotatable bonds is 6. The molecule has 8 nitrogen and oxygen atoms in total. The summed E-state index contributed by atoms with van der Waals surface area (Å²) < 4.78 is 5.38. The van der Waals surface area contributed by atoms with E-state index in [2.05, 4.69) is 15.6 Å². The highest BCUT2D eigenvalue weighted by Crippen LogP contribution is 2.15. The quantitative estimate of drug-likeness (QED) is 0.326. The van der Waals surface area contributed by atoms with E-state index in [-0.39, 0.29) is 42.0 Å². The van der Waals surface area contributed by atoms with Crippen LogP contribution in [-0.2, 0) is 11.2 Å². The third-order valence-corrected chi connectivity index (χ3v) is 4.47. The summed E-state index contributed by atoms with van der Waals surface area (Å²) in [5.41, 5.74) is 1.27. The van der Waals surface area contributed by atoms with E-state index in [9.17, 15) is 9.59 Å². The summed E-state index contributed by atoms with van der Waals surface area (Å²) in [5.74, 6) is 0.724. The first-order chi connectivity index (χ1) is 14.1. The lowest BCUT2D eigenvalue weighted by Gasteiger charge is -2.40. The van der Waals surface area contributed by atoms with Gasteiger partial charge >= 0.3 is 6.09 Å². The zero-order valence-electron chi connectivity index (χ0n) is 19.4. The van der Waals surface area contributed by atoms with Gasteiger partial charge in [0.05, 0.1) is 6.04 Å². The van der Waals surface area contributed by atoms with Crippen LogP contribution in [0.5, 0.6) is 0 Å². The summed E-state index contributed by atoms with van der Waals surface area (Å²) in [6.45, 7) is 10.1. The van der Waals surface area contributed by atoms with Crippen molar-refractivity contribution < 1.29 is 14.3 Å². The topological polar surface area (TPSA) is 86.3 Å². The van der Waals surface area contributed by atoms with Crippen LogP contribution >= 0.6 is 24.0 Å². The van der Waals surface area contributed by atoms with Gasteiger partial charge in [-0.3, -0.25) is 9.79 Å². The molecule has 2 amide bonds. The van der Waals surface area contributed by atoms with E-state index in [1.54, 1.807) is 23.9 Å². The predicted octanol–water partition coefficient (Wildman–Crippen LogP) is 2.72. The maximum atomic E-state index is 12.1. The van der Waals surface area contributed by atoms with Gasteiger partial charge in [-0.2, -0.15) is 0 Å². The van der Waals surface area contributed by atoms with Crippen molar-refractivity contribution in [3.8, 4) is 0 Å². The zero-order valence-corrected chi connectivity index (χ0v) is 21.7. The molecule has 1 saturated heterocycles. The number of halogens is 1. The molecule has 0 atom stereocenters. The molecule has 0 aliphatic carbocycles. The Kier molecular flexibility index (Phi) is 10.5. The van der Waals surface area contributed by atoms with E-state index in [1.165, 1.54) is 0 Å². The van der Waals surface area contributed by atoms with Crippen molar-refractivity contribution in [3.63, 3.8) is 0 Å². The SMILES string of the molecule is CCNC(=NCCc1cccc(C(=O)N(C)C)c1)NC1CN(C(=O)OC(C)(C)C)C1.I. The summed E-state index contributed by atoms with van der Waals surface area (Å²) in [6.07, 6.45) is 0.453. The molecule has 0 spiro atoms. The van der Waals surface area contributed by atoms with Crippen LogP contribution in [0.3, 0.4) is 0 Å². The van der Waals surface area contributed by atoms with Gasteiger partial charge in [0.2, 0.25) is 0 Å². The molecular weight excluding hydrogens is 509 g/mol. The van der Waals surface area contributed by atoms with E-state index in [0.717, 1.165) is 24.5 Å². The number of carbonyl (C=O) groups is 2. The van der Waals surface area contributed by atoms with E-state index in [1.807, 2.05) is 52.0 Å². The first kappa shape index (κ1) is 27.0. The number of nitrogens with zero attached hydrogens (tertiary/aromatic N) is 3. The van der Waals surface area contributed by atoms with Crippen molar-refractivity contribution in [1.29, 1.82) is 0 Å². The van der Waals surface area contributed by atoms with Gasteiger partial charge in [-0.15, -0.1) is 24.0 Å². The van der Waals surface area contributed by atoms with Crippen molar-refractivity contribution in [3.05, 3.63) is 35.4 Å². The van der Waals surface area contributed by atoms with Crippen molar-refractivity contribution in [2.24, 2.45) is 4.99 Å². The molecule has 0 unspecified atom stereocenters. The van der Waals surface area contributed by atoms with Crippen molar-refractivity contribution >= 4 is 41.9 Å². The monoisotopic (exact) mass is 545 g/mol. The van der Waals surface area contributed by atoms with E-state index >= 15 is 0 Å². The number of hydrogen-bond donors (Lipinski definition) is 2. The average molecular weight is 545 g/mol. The summed E-state index contributed by atoms with van der Waals surface area (Å²) in [4.78, 5) is 32.1. The summed E-state index contributed by atoms with van der Waals surface area (Å²) in [5, 5.41) is 6.60. The Hall–Kier alpha value is -2.04. The lowest BCUT2D eigenvalue weighted by molar-refractivity contribution is 0.00700. The van der Waals surface area contributed by atoms with Crippen LogP contribution in [0.15, 0.2) is 29.3 Å². The standard InChI is InChI=1S/C22H35N5O3.HI/c1-7-23-20(25-18-14-27(15-18)21(29)30-22(2,3)4)24-12-11-16-9-8-10-17(13-16)19(28)26(5)6;/h8-10,13,18H,7,11-12,14-15H2,1-6H3,(H2,23,24,25);1H. The molecule has 1 aromatic rings. The molecule has 1 aliphatic heterocycles. The summed E-state index contributed by atoms with van der Waals surface area (Å²) in [7, 11) is 3.50. The Morgan fingerprint density at radius 2 is 1.94 bits per heavy atom. The number of benzene rings is 1. The number of carbonyl (C=O) groups excluding carboxylic acids is 2. The Morgan fingerprint density at radius 1 is 1.26 bits per heavy atom. The third-order valence-electron chi connectivity index (χ3n) is 4.47. The molecular formula is C22H36IN5O3. The number of guanidine groups is 1. The molecule has 31 heavy (non-hydrogen) atoms. The van der Waals surface area contributed by atoms with Crippen LogP contribution in [0.25, 0.3) is 0 Å². The fourth-order valence-electron chi connectivity index (χ4n) is 2.97. The van der Waals surface area contributed by atoms with Crippen molar-refractivity contribution in [1.82, 2.24) is 20.4 Å². The smallest absolute Gasteiger partial charge is 0.410 e. The van der Waals surface area contributed by atoms with E-state index in [4.69, 9.17) is 4.74 Å². The lowest BCUT2D eigenvalue weighted by atomic mass is 10.1. The first-order valence-electron chi connectivity index (χ1n) is 10.4. The fraction of sp³-hybridized carbons (Fsp3) is 0.591. The highest BCUT2D eigenvalue weighted by Gasteiger charge is 2.34. The van der Waals surface area contributed by atoms with Gasteiger partial charge in [-0.25, -0.2) is 4.79 Å². The predicted molar refractivity (Wildman–Crippen MR) is 134 cm³/mol. The maximum absolute atomic E-state index is 12.1. The van der Waals surface area contributed by atoms with Crippen LogP contribution in [0.2, 0.25) is 0 Å². The van der Waals surface area contributed by atoms with Gasteiger partial charge in [0, 0.05) is 45.8 Å². The molecule has 1 fully saturated rings. The summed E-state index contributed by atoms with van der Waals surface area (Å²) >= 11 is 0. The second-order valence-corrected chi connectivity index (χ2v) is 8.64. The molecule has 0 bridgehead atoms. The Bertz CT molecular complexity index is 771. The molecule has 9 heteroatoms. The van der Waals surface area contributed by atoms with Crippen LogP contribution < -0.4 is 10.6 Å². The van der Waals surface area contributed by atoms with Gasteiger partial charge < -0.3 is 25.2 Å². The minimum atomic E-state index is -0.486. The van der Waals surface area contributed by atoms with Crippen molar-refractivity contribution in [2.45, 2.75) is 45.8 Å². The molecule has 1 aromatic carbocycles. The first-order valence-corrected chi connectivity index (χ1v) is 10.4. The number of ether oxygens (including phenoxy) is 1. The molecule has 0 aromatic heterocycles. The highest BCUT2D eigenvalue weighted by atomic mass is 127. The Balaban J connectivity index is 0.00000480. The van der Waals surface area contributed by atoms with E-state index < -0.39 is 5.60 Å². The molecule has 1 aliphatic rings. The van der Waals surface area contributed by atoms with Crippen LogP contribution in [0.4, 0.5) is 4.79 Å². The van der Waals surface area contributed by atoms with Gasteiger partial charge in [0.25, 0.3) is 5.91 Å². The number of aliphatic imine (C=N–C) groups is 1. The highest BCUT2D eigenvalue weighted by molar-refractivity contribution is 14.0. The van der Waals surface area contributed by atoms with Gasteiger partial charge in [-0.05, 0) is 51.8 Å². The number of likely N-dealkylation sites (tertiary alicyclic amines) is 1. The number of amides is 2. The number of nitrogens with one attached hydrogen (secondary N) is 2. The minimum Gasteiger partial charge on any atom is -0.444 e. The molecule has 1 heterocycles. The largest absolute Gasteiger partial charge is 0.444 e. The fourth-order valence-corrected chi connectivity index (χ4v) is 2.97. The van der Waals surface area contributed by atoms with Gasteiger partial charge in [0.1, 0.15) is 5.60 Å². The van der Waals surface area contributed by atoms with Crippen molar-refractivity contribution in [2.75, 3.05) is 40.3 Å². The normalized spacial score (nSPS) is 14.3. The second-order valence-electron chi connectivity index (χ2n) is 8.64. The molecule has 2 rings (SSSR count). The Labute approximate surface area is 202 Å². The zero-order chi connectivity index (χ0) is 22.3. The molecule has 0 saturated carbocycles. The average Bonchev–Trinajstić information content (AvgIpc) is 2.62. The van der Waals surface area contributed by atoms with Crippen LogP contribution in [0.1, 0.15) is 43.6 Å². The Morgan fingerprint density at radius 3 is 2.52 bits per heavy atom. The van der Waals surface area contributed by atoms with Gasteiger partial charge in [-0.1, -0.05) is 12.1 Å². The number of hydrogen-bond acceptors (Lipinski definition) is 4. The molecule has 174 valence electrons. The molecule has 0 radical (unpaired) electrons. The third kappa shape index (κ3) is 8.92. The lowest BCUT2D eigenvalue weighted by Crippen LogP contribution is -2.63. The van der Waals surface area contributed by atoms with Crippen LogP contribution in [0, 0.1) is 0 Å². The molecule has 2 N–H and O–H groups in total. The second kappa shape index (κ2) is 12.1. The van der Waals surface area contributed by atoms with Crippen LogP contribution in [-0.4, -0.2) is 79.7 Å².